The molecule has 90 valence electrons. The standard InChI is InChI=1S/C11H15NO2.C2H6/c1-4-9(3)10-7-8(2)5-6-11(10)12(13)14;1-2/h5-7,9H,4H2,1-3H3;1-2H3. The molecule has 0 fully saturated rings. The normalized spacial score (nSPS) is 11.3. The highest BCUT2D eigenvalue weighted by atomic mass is 16.6. The van der Waals surface area contributed by atoms with Gasteiger partial charge in [0.25, 0.3) is 5.69 Å². The van der Waals surface area contributed by atoms with Crippen LogP contribution in [-0.4, -0.2) is 4.92 Å². The van der Waals surface area contributed by atoms with Gasteiger partial charge in [-0.3, -0.25) is 10.1 Å². The van der Waals surface area contributed by atoms with E-state index in [1.165, 1.54) is 0 Å². The Morgan fingerprint density at radius 2 is 1.94 bits per heavy atom. The van der Waals surface area contributed by atoms with Gasteiger partial charge in [-0.15, -0.1) is 0 Å². The third kappa shape index (κ3) is 3.65. The van der Waals surface area contributed by atoms with Crippen molar-refractivity contribution in [2.45, 2.75) is 47.0 Å². The van der Waals surface area contributed by atoms with Crippen LogP contribution in [0.15, 0.2) is 18.2 Å². The minimum atomic E-state index is -0.305. The smallest absolute Gasteiger partial charge is 0.258 e. The Balaban J connectivity index is 0.00000106. The number of hydrogen-bond acceptors (Lipinski definition) is 2. The highest BCUT2D eigenvalue weighted by Gasteiger charge is 2.17. The van der Waals surface area contributed by atoms with Gasteiger partial charge >= 0.3 is 0 Å². The third-order valence-corrected chi connectivity index (χ3v) is 2.52. The number of aryl methyl sites for hydroxylation is 1. The third-order valence-electron chi connectivity index (χ3n) is 2.52. The van der Waals surface area contributed by atoms with E-state index in [0.29, 0.717) is 0 Å². The van der Waals surface area contributed by atoms with Crippen LogP contribution in [0.3, 0.4) is 0 Å². The Morgan fingerprint density at radius 1 is 1.38 bits per heavy atom. The van der Waals surface area contributed by atoms with Gasteiger partial charge in [-0.25, -0.2) is 0 Å². The quantitative estimate of drug-likeness (QED) is 0.561. The SMILES string of the molecule is CC.CCC(C)c1cc(C)ccc1[N+](=O)[O-]. The molecule has 0 heterocycles. The fourth-order valence-electron chi connectivity index (χ4n) is 1.45. The van der Waals surface area contributed by atoms with Crippen molar-refractivity contribution in [3.8, 4) is 0 Å². The van der Waals surface area contributed by atoms with E-state index in [2.05, 4.69) is 0 Å². The average molecular weight is 223 g/mol. The van der Waals surface area contributed by atoms with E-state index in [9.17, 15) is 10.1 Å². The lowest BCUT2D eigenvalue weighted by Gasteiger charge is -2.09. The molecule has 1 aromatic carbocycles. The number of nitro groups is 1. The van der Waals surface area contributed by atoms with Gasteiger partial charge < -0.3 is 0 Å². The molecule has 0 N–H and O–H groups in total. The topological polar surface area (TPSA) is 43.1 Å². The van der Waals surface area contributed by atoms with Crippen LogP contribution >= 0.6 is 0 Å². The molecule has 0 amide bonds. The zero-order valence-corrected chi connectivity index (χ0v) is 10.8. The predicted molar refractivity (Wildman–Crippen MR) is 67.9 cm³/mol. The van der Waals surface area contributed by atoms with Gasteiger partial charge in [-0.2, -0.15) is 0 Å². The molecular weight excluding hydrogens is 202 g/mol. The molecule has 0 bridgehead atoms. The van der Waals surface area contributed by atoms with Crippen LogP contribution in [0.5, 0.6) is 0 Å². The van der Waals surface area contributed by atoms with Gasteiger partial charge in [0.05, 0.1) is 4.92 Å². The first-order chi connectivity index (χ1) is 7.56. The van der Waals surface area contributed by atoms with Crippen LogP contribution in [0, 0.1) is 17.0 Å². The molecule has 0 aliphatic heterocycles. The van der Waals surface area contributed by atoms with Crippen LogP contribution < -0.4 is 0 Å². The Labute approximate surface area is 97.6 Å². The van der Waals surface area contributed by atoms with Gasteiger partial charge in [-0.1, -0.05) is 39.3 Å². The summed E-state index contributed by atoms with van der Waals surface area (Å²) < 4.78 is 0. The van der Waals surface area contributed by atoms with E-state index in [1.54, 1.807) is 12.1 Å². The van der Waals surface area contributed by atoms with Crippen LogP contribution in [0.2, 0.25) is 0 Å². The summed E-state index contributed by atoms with van der Waals surface area (Å²) >= 11 is 0. The number of rotatable bonds is 3. The molecular formula is C13H21NO2. The molecule has 3 nitrogen and oxygen atoms in total. The summed E-state index contributed by atoms with van der Waals surface area (Å²) in [6, 6.07) is 5.28. The van der Waals surface area contributed by atoms with E-state index < -0.39 is 0 Å². The van der Waals surface area contributed by atoms with Crippen LogP contribution in [0.1, 0.15) is 51.2 Å². The molecule has 16 heavy (non-hydrogen) atoms. The van der Waals surface area contributed by atoms with E-state index in [-0.39, 0.29) is 16.5 Å². The summed E-state index contributed by atoms with van der Waals surface area (Å²) in [7, 11) is 0. The van der Waals surface area contributed by atoms with Crippen LogP contribution in [0.25, 0.3) is 0 Å². The fourth-order valence-corrected chi connectivity index (χ4v) is 1.45. The maximum Gasteiger partial charge on any atom is 0.272 e. The molecule has 1 rings (SSSR count). The largest absolute Gasteiger partial charge is 0.272 e. The average Bonchev–Trinajstić information content (AvgIpc) is 2.30. The summed E-state index contributed by atoms with van der Waals surface area (Å²) in [5.74, 6) is 0.246. The highest BCUT2D eigenvalue weighted by Crippen LogP contribution is 2.29. The molecule has 1 aromatic rings. The molecule has 0 aliphatic rings. The maximum atomic E-state index is 10.8. The van der Waals surface area contributed by atoms with Crippen molar-refractivity contribution >= 4 is 5.69 Å². The van der Waals surface area contributed by atoms with Crippen molar-refractivity contribution in [2.75, 3.05) is 0 Å². The maximum absolute atomic E-state index is 10.8. The first-order valence-electron chi connectivity index (χ1n) is 5.81. The summed E-state index contributed by atoms with van der Waals surface area (Å²) in [5.41, 5.74) is 2.16. The molecule has 0 radical (unpaired) electrons. The van der Waals surface area contributed by atoms with E-state index >= 15 is 0 Å². The van der Waals surface area contributed by atoms with Crippen LogP contribution in [-0.2, 0) is 0 Å². The molecule has 0 saturated carbocycles. The van der Waals surface area contributed by atoms with Gasteiger partial charge in [0.2, 0.25) is 0 Å². The number of hydrogen-bond donors (Lipinski definition) is 0. The Bertz CT molecular complexity index is 348. The molecule has 1 unspecified atom stereocenters. The highest BCUT2D eigenvalue weighted by molar-refractivity contribution is 5.44. The van der Waals surface area contributed by atoms with Crippen molar-refractivity contribution in [2.24, 2.45) is 0 Å². The van der Waals surface area contributed by atoms with Gasteiger partial charge in [0, 0.05) is 11.6 Å². The van der Waals surface area contributed by atoms with Crippen molar-refractivity contribution < 1.29 is 4.92 Å². The van der Waals surface area contributed by atoms with Crippen LogP contribution in [0.4, 0.5) is 5.69 Å². The second-order valence-electron chi connectivity index (χ2n) is 3.63. The number of nitro benzene ring substituents is 1. The van der Waals surface area contributed by atoms with Crippen molar-refractivity contribution in [1.82, 2.24) is 0 Å². The Morgan fingerprint density at radius 3 is 2.38 bits per heavy atom. The van der Waals surface area contributed by atoms with E-state index in [4.69, 9.17) is 0 Å². The van der Waals surface area contributed by atoms with Gasteiger partial charge in [0.15, 0.2) is 0 Å². The minimum absolute atomic E-state index is 0.241. The lowest BCUT2D eigenvalue weighted by atomic mass is 9.95. The second-order valence-corrected chi connectivity index (χ2v) is 3.63. The molecule has 1 atom stereocenters. The molecule has 3 heteroatoms. The summed E-state index contributed by atoms with van der Waals surface area (Å²) in [6.45, 7) is 10.0. The fraction of sp³-hybridized carbons (Fsp3) is 0.538. The molecule has 0 aliphatic carbocycles. The Kier molecular flexibility index (Phi) is 6.38. The molecule has 0 spiro atoms. The van der Waals surface area contributed by atoms with E-state index in [0.717, 1.165) is 17.5 Å². The second kappa shape index (κ2) is 6.99. The molecule has 0 aromatic heterocycles. The van der Waals surface area contributed by atoms with Gasteiger partial charge in [0.1, 0.15) is 0 Å². The monoisotopic (exact) mass is 223 g/mol. The number of nitrogens with zero attached hydrogens (tertiary/aromatic N) is 1. The van der Waals surface area contributed by atoms with Crippen molar-refractivity contribution in [3.05, 3.63) is 39.4 Å². The summed E-state index contributed by atoms with van der Waals surface area (Å²) in [6.07, 6.45) is 0.921. The predicted octanol–water partition coefficient (Wildman–Crippen LogP) is 4.44. The van der Waals surface area contributed by atoms with Gasteiger partial charge in [-0.05, 0) is 25.3 Å². The lowest BCUT2D eigenvalue weighted by Crippen LogP contribution is -1.99. The van der Waals surface area contributed by atoms with Crippen molar-refractivity contribution in [1.29, 1.82) is 0 Å². The molecule has 0 saturated heterocycles. The zero-order chi connectivity index (χ0) is 12.7. The first kappa shape index (κ1) is 14.6. The minimum Gasteiger partial charge on any atom is -0.258 e. The number of benzene rings is 1. The summed E-state index contributed by atoms with van der Waals surface area (Å²) in [5, 5.41) is 10.8. The first-order valence-corrected chi connectivity index (χ1v) is 5.81. The van der Waals surface area contributed by atoms with Crippen molar-refractivity contribution in [3.63, 3.8) is 0 Å². The summed E-state index contributed by atoms with van der Waals surface area (Å²) in [4.78, 5) is 10.5. The zero-order valence-electron chi connectivity index (χ0n) is 10.8. The van der Waals surface area contributed by atoms with E-state index in [1.807, 2.05) is 40.7 Å². The Hall–Kier alpha value is -1.38. The lowest BCUT2D eigenvalue weighted by molar-refractivity contribution is -0.385.